The molecule has 0 radical (unpaired) electrons. The standard InChI is InChI=1S/C23H25FN4OSi/c1-30(2,3)15-10-17-4-9-21-20(22(17)24)16-25-23(27-21)26-18-5-7-19(8-6-18)28-11-13-29-14-12-28/h4-9,16H,11-14H2,1-3H3,(H,25,26,27). The van der Waals surface area contributed by atoms with Crippen LogP contribution in [0.3, 0.4) is 0 Å². The molecule has 0 aliphatic carbocycles. The lowest BCUT2D eigenvalue weighted by Crippen LogP contribution is -2.36. The highest BCUT2D eigenvalue weighted by molar-refractivity contribution is 6.83. The third-order valence-electron chi connectivity index (χ3n) is 4.77. The van der Waals surface area contributed by atoms with Crippen LogP contribution in [0.1, 0.15) is 5.56 Å². The predicted molar refractivity (Wildman–Crippen MR) is 122 cm³/mol. The maximum Gasteiger partial charge on any atom is 0.227 e. The van der Waals surface area contributed by atoms with Crippen molar-refractivity contribution in [3.05, 3.63) is 54.0 Å². The molecule has 3 aromatic rings. The maximum atomic E-state index is 14.8. The second kappa shape index (κ2) is 8.42. The molecule has 2 aromatic carbocycles. The van der Waals surface area contributed by atoms with Gasteiger partial charge in [0.1, 0.15) is 13.9 Å². The van der Waals surface area contributed by atoms with E-state index >= 15 is 0 Å². The third-order valence-corrected chi connectivity index (χ3v) is 5.65. The van der Waals surface area contributed by atoms with Gasteiger partial charge < -0.3 is 15.0 Å². The number of ether oxygens (including phenoxy) is 1. The first-order chi connectivity index (χ1) is 14.4. The Balaban J connectivity index is 1.53. The summed E-state index contributed by atoms with van der Waals surface area (Å²) in [5.74, 6) is 3.06. The summed E-state index contributed by atoms with van der Waals surface area (Å²) in [6, 6.07) is 11.6. The van der Waals surface area contributed by atoms with Crippen LogP contribution in [0, 0.1) is 17.3 Å². The van der Waals surface area contributed by atoms with Crippen molar-refractivity contribution in [3.8, 4) is 11.5 Å². The molecule has 2 heterocycles. The second-order valence-electron chi connectivity index (χ2n) is 8.32. The minimum atomic E-state index is -1.58. The number of rotatable bonds is 3. The zero-order valence-corrected chi connectivity index (χ0v) is 18.5. The normalized spacial score (nSPS) is 14.3. The van der Waals surface area contributed by atoms with Gasteiger partial charge in [-0.1, -0.05) is 25.6 Å². The van der Waals surface area contributed by atoms with Gasteiger partial charge in [0, 0.05) is 30.7 Å². The van der Waals surface area contributed by atoms with E-state index in [1.807, 2.05) is 12.1 Å². The molecule has 30 heavy (non-hydrogen) atoms. The summed E-state index contributed by atoms with van der Waals surface area (Å²) in [6.45, 7) is 9.71. The van der Waals surface area contributed by atoms with Crippen LogP contribution >= 0.6 is 0 Å². The quantitative estimate of drug-likeness (QED) is 0.497. The lowest BCUT2D eigenvalue weighted by molar-refractivity contribution is 0.122. The molecule has 5 nitrogen and oxygen atoms in total. The maximum absolute atomic E-state index is 14.8. The van der Waals surface area contributed by atoms with Gasteiger partial charge in [0.15, 0.2) is 0 Å². The van der Waals surface area contributed by atoms with Gasteiger partial charge in [-0.05, 0) is 36.4 Å². The monoisotopic (exact) mass is 420 g/mol. The molecule has 1 fully saturated rings. The van der Waals surface area contributed by atoms with Gasteiger partial charge in [-0.3, -0.25) is 0 Å². The summed E-state index contributed by atoms with van der Waals surface area (Å²) in [5, 5.41) is 3.58. The van der Waals surface area contributed by atoms with Crippen LogP contribution in [0.25, 0.3) is 10.9 Å². The van der Waals surface area contributed by atoms with Gasteiger partial charge in [0.2, 0.25) is 5.95 Å². The van der Waals surface area contributed by atoms with Gasteiger partial charge >= 0.3 is 0 Å². The summed E-state index contributed by atoms with van der Waals surface area (Å²) in [5.41, 5.74) is 6.19. The highest BCUT2D eigenvalue weighted by atomic mass is 28.3. The fraction of sp³-hybridized carbons (Fsp3) is 0.304. The minimum absolute atomic E-state index is 0.361. The zero-order chi connectivity index (χ0) is 21.1. The topological polar surface area (TPSA) is 50.3 Å². The number of hydrogen-bond acceptors (Lipinski definition) is 5. The summed E-state index contributed by atoms with van der Waals surface area (Å²) in [4.78, 5) is 11.1. The van der Waals surface area contributed by atoms with Crippen molar-refractivity contribution in [1.29, 1.82) is 0 Å². The number of fused-ring (bicyclic) bond motifs is 1. The van der Waals surface area contributed by atoms with Crippen LogP contribution in [-0.4, -0.2) is 44.3 Å². The fourth-order valence-corrected chi connectivity index (χ4v) is 3.70. The molecule has 1 aliphatic rings. The molecule has 7 heteroatoms. The summed E-state index contributed by atoms with van der Waals surface area (Å²) < 4.78 is 20.2. The Bertz CT molecular complexity index is 1110. The average molecular weight is 421 g/mol. The summed E-state index contributed by atoms with van der Waals surface area (Å²) in [6.07, 6.45) is 1.52. The third kappa shape index (κ3) is 4.78. The number of morpholine rings is 1. The molecule has 1 aliphatic heterocycles. The lowest BCUT2D eigenvalue weighted by atomic mass is 10.1. The molecule has 154 valence electrons. The molecule has 1 aromatic heterocycles. The van der Waals surface area contributed by atoms with Crippen molar-refractivity contribution in [2.75, 3.05) is 36.5 Å². The molecular weight excluding hydrogens is 395 g/mol. The van der Waals surface area contributed by atoms with E-state index in [0.29, 0.717) is 22.4 Å². The SMILES string of the molecule is C[Si](C)(C)C#Cc1ccc2nc(Nc3ccc(N4CCOCC4)cc3)ncc2c1F. The van der Waals surface area contributed by atoms with E-state index in [4.69, 9.17) is 4.74 Å². The zero-order valence-electron chi connectivity index (χ0n) is 17.5. The molecule has 0 bridgehead atoms. The largest absolute Gasteiger partial charge is 0.378 e. The Morgan fingerprint density at radius 1 is 1.07 bits per heavy atom. The van der Waals surface area contributed by atoms with Crippen molar-refractivity contribution < 1.29 is 9.13 Å². The Morgan fingerprint density at radius 3 is 2.50 bits per heavy atom. The van der Waals surface area contributed by atoms with E-state index in [2.05, 4.69) is 63.4 Å². The minimum Gasteiger partial charge on any atom is -0.378 e. The first-order valence-corrected chi connectivity index (χ1v) is 13.6. The van der Waals surface area contributed by atoms with E-state index in [-0.39, 0.29) is 5.82 Å². The Hall–Kier alpha value is -2.95. The van der Waals surface area contributed by atoms with E-state index in [1.54, 1.807) is 12.1 Å². The predicted octanol–water partition coefficient (Wildman–Crippen LogP) is 4.58. The first kappa shape index (κ1) is 20.3. The van der Waals surface area contributed by atoms with Gasteiger partial charge in [-0.2, -0.15) is 0 Å². The van der Waals surface area contributed by atoms with E-state index < -0.39 is 8.07 Å². The fourth-order valence-electron chi connectivity index (χ4n) is 3.19. The molecule has 1 saturated heterocycles. The molecule has 0 unspecified atom stereocenters. The number of anilines is 3. The van der Waals surface area contributed by atoms with Crippen molar-refractivity contribution in [3.63, 3.8) is 0 Å². The molecule has 0 amide bonds. The summed E-state index contributed by atoms with van der Waals surface area (Å²) in [7, 11) is -1.58. The highest BCUT2D eigenvalue weighted by Crippen LogP contribution is 2.23. The Labute approximate surface area is 177 Å². The van der Waals surface area contributed by atoms with Crippen LogP contribution < -0.4 is 10.2 Å². The van der Waals surface area contributed by atoms with Crippen LogP contribution in [0.5, 0.6) is 0 Å². The van der Waals surface area contributed by atoms with Crippen LogP contribution in [0.4, 0.5) is 21.7 Å². The number of nitrogens with zero attached hydrogens (tertiary/aromatic N) is 3. The number of nitrogens with one attached hydrogen (secondary N) is 1. The first-order valence-electron chi connectivity index (χ1n) is 10.1. The van der Waals surface area contributed by atoms with E-state index in [9.17, 15) is 4.39 Å². The number of aromatic nitrogens is 2. The Kier molecular flexibility index (Phi) is 5.71. The molecule has 0 saturated carbocycles. The van der Waals surface area contributed by atoms with Crippen molar-refractivity contribution >= 4 is 36.3 Å². The smallest absolute Gasteiger partial charge is 0.227 e. The van der Waals surface area contributed by atoms with Crippen LogP contribution in [0.2, 0.25) is 19.6 Å². The van der Waals surface area contributed by atoms with Gasteiger partial charge in [-0.25, -0.2) is 14.4 Å². The van der Waals surface area contributed by atoms with Gasteiger partial charge in [-0.15, -0.1) is 5.54 Å². The molecule has 4 rings (SSSR count). The van der Waals surface area contributed by atoms with Crippen LogP contribution in [0.15, 0.2) is 42.6 Å². The lowest BCUT2D eigenvalue weighted by Gasteiger charge is -2.28. The Morgan fingerprint density at radius 2 is 1.80 bits per heavy atom. The van der Waals surface area contributed by atoms with Gasteiger partial charge in [0.25, 0.3) is 0 Å². The van der Waals surface area contributed by atoms with Crippen LogP contribution in [-0.2, 0) is 4.74 Å². The molecule has 1 N–H and O–H groups in total. The number of benzene rings is 2. The molecular formula is C23H25FN4OSi. The average Bonchev–Trinajstić information content (AvgIpc) is 2.74. The number of hydrogen-bond donors (Lipinski definition) is 1. The molecule has 0 spiro atoms. The second-order valence-corrected chi connectivity index (χ2v) is 13.1. The van der Waals surface area contributed by atoms with Crippen molar-refractivity contribution in [1.82, 2.24) is 9.97 Å². The summed E-state index contributed by atoms with van der Waals surface area (Å²) >= 11 is 0. The highest BCUT2D eigenvalue weighted by Gasteiger charge is 2.13. The van der Waals surface area contributed by atoms with Gasteiger partial charge in [0.05, 0.1) is 29.7 Å². The van der Waals surface area contributed by atoms with E-state index in [1.165, 1.54) is 6.20 Å². The molecule has 0 atom stereocenters. The van der Waals surface area contributed by atoms with Crippen molar-refractivity contribution in [2.24, 2.45) is 0 Å². The van der Waals surface area contributed by atoms with E-state index in [0.717, 1.165) is 37.7 Å². The number of halogens is 1. The van der Waals surface area contributed by atoms with Crippen molar-refractivity contribution in [2.45, 2.75) is 19.6 Å².